The minimum atomic E-state index is -0.258. The Hall–Kier alpha value is -2.54. The van der Waals surface area contributed by atoms with Crippen LogP contribution >= 0.6 is 11.3 Å². The molecular weight excluding hydrogens is 351 g/mol. The Morgan fingerprint density at radius 1 is 1.35 bits per heavy atom. The fraction of sp³-hybridized carbons (Fsp3) is 0.316. The maximum atomic E-state index is 13.2. The van der Waals surface area contributed by atoms with Gasteiger partial charge in [0.1, 0.15) is 11.5 Å². The van der Waals surface area contributed by atoms with Crippen LogP contribution in [0.5, 0.6) is 0 Å². The normalized spacial score (nSPS) is 17.5. The molecule has 0 radical (unpaired) electrons. The first-order chi connectivity index (χ1) is 12.6. The molecule has 2 aromatic heterocycles. The zero-order valence-electron chi connectivity index (χ0n) is 14.4. The third kappa shape index (κ3) is 3.26. The van der Waals surface area contributed by atoms with Gasteiger partial charge in [-0.2, -0.15) is 5.10 Å². The fourth-order valence-corrected chi connectivity index (χ4v) is 4.07. The van der Waals surface area contributed by atoms with Gasteiger partial charge in [0, 0.05) is 35.6 Å². The Balaban J connectivity index is 1.56. The first kappa shape index (κ1) is 16.9. The van der Waals surface area contributed by atoms with E-state index in [1.807, 2.05) is 17.2 Å². The summed E-state index contributed by atoms with van der Waals surface area (Å²) >= 11 is 1.49. The molecule has 1 amide bonds. The predicted molar refractivity (Wildman–Crippen MR) is 98.7 cm³/mol. The van der Waals surface area contributed by atoms with Crippen LogP contribution in [0.15, 0.2) is 35.8 Å². The van der Waals surface area contributed by atoms with Crippen molar-refractivity contribution < 1.29 is 9.18 Å². The number of aromatic amines is 1. The van der Waals surface area contributed by atoms with E-state index in [9.17, 15) is 9.18 Å². The molecule has 1 aromatic carbocycles. The van der Waals surface area contributed by atoms with Crippen molar-refractivity contribution in [3.05, 3.63) is 58.1 Å². The van der Waals surface area contributed by atoms with Gasteiger partial charge in [-0.25, -0.2) is 9.37 Å². The summed E-state index contributed by atoms with van der Waals surface area (Å²) in [5, 5.41) is 10.0. The van der Waals surface area contributed by atoms with Crippen molar-refractivity contribution in [2.45, 2.75) is 25.7 Å². The van der Waals surface area contributed by atoms with Gasteiger partial charge in [-0.3, -0.25) is 9.89 Å². The van der Waals surface area contributed by atoms with Crippen LogP contribution in [0.1, 0.15) is 39.9 Å². The van der Waals surface area contributed by atoms with E-state index in [-0.39, 0.29) is 17.6 Å². The number of benzene rings is 1. The summed E-state index contributed by atoms with van der Waals surface area (Å²) in [5.74, 6) is -0.0938. The van der Waals surface area contributed by atoms with E-state index in [0.29, 0.717) is 12.2 Å². The van der Waals surface area contributed by atoms with Crippen LogP contribution in [0.3, 0.4) is 0 Å². The summed E-state index contributed by atoms with van der Waals surface area (Å²) in [6, 6.07) is 6.42. The average molecular weight is 370 g/mol. The first-order valence-electron chi connectivity index (χ1n) is 8.62. The lowest BCUT2D eigenvalue weighted by atomic mass is 9.90. The van der Waals surface area contributed by atoms with E-state index in [1.165, 1.54) is 23.5 Å². The number of piperidine rings is 1. The second-order valence-corrected chi connectivity index (χ2v) is 7.61. The molecule has 4 rings (SSSR count). The highest BCUT2D eigenvalue weighted by Gasteiger charge is 2.29. The van der Waals surface area contributed by atoms with Gasteiger partial charge in [0.25, 0.3) is 5.91 Å². The smallest absolute Gasteiger partial charge is 0.273 e. The molecule has 5 nitrogen and oxygen atoms in total. The van der Waals surface area contributed by atoms with Gasteiger partial charge in [0.15, 0.2) is 0 Å². The molecule has 3 heterocycles. The van der Waals surface area contributed by atoms with Gasteiger partial charge in [0.05, 0.1) is 11.2 Å². The number of amides is 1. The molecule has 0 unspecified atom stereocenters. The summed E-state index contributed by atoms with van der Waals surface area (Å²) in [7, 11) is 0. The minimum Gasteiger partial charge on any atom is -0.337 e. The maximum absolute atomic E-state index is 13.2. The number of carbonyl (C=O) groups excluding carboxylic acids is 1. The van der Waals surface area contributed by atoms with Crippen molar-refractivity contribution in [3.63, 3.8) is 0 Å². The average Bonchev–Trinajstić information content (AvgIpc) is 3.31. The van der Waals surface area contributed by atoms with Gasteiger partial charge in [-0.05, 0) is 37.5 Å². The lowest BCUT2D eigenvalue weighted by Crippen LogP contribution is -2.39. The second-order valence-electron chi connectivity index (χ2n) is 6.55. The van der Waals surface area contributed by atoms with E-state index in [4.69, 9.17) is 0 Å². The lowest BCUT2D eigenvalue weighted by Gasteiger charge is -2.32. The SMILES string of the molecule is Cc1nc(C(=O)N2CCC[C@H](c3[nH]ncc3-c3ccc(F)cc3)C2)cs1. The summed E-state index contributed by atoms with van der Waals surface area (Å²) < 4.78 is 13.2. The van der Waals surface area contributed by atoms with Gasteiger partial charge < -0.3 is 4.90 Å². The Kier molecular flexibility index (Phi) is 4.55. The van der Waals surface area contributed by atoms with Crippen molar-refractivity contribution >= 4 is 17.2 Å². The number of likely N-dealkylation sites (tertiary alicyclic amines) is 1. The highest BCUT2D eigenvalue weighted by Crippen LogP contribution is 2.33. The third-order valence-corrected chi connectivity index (χ3v) is 5.55. The molecule has 26 heavy (non-hydrogen) atoms. The van der Waals surface area contributed by atoms with Crippen LogP contribution in [-0.4, -0.2) is 39.1 Å². The van der Waals surface area contributed by atoms with E-state index >= 15 is 0 Å². The van der Waals surface area contributed by atoms with Crippen molar-refractivity contribution in [1.29, 1.82) is 0 Å². The molecule has 1 aliphatic heterocycles. The van der Waals surface area contributed by atoms with Crippen LogP contribution in [0.2, 0.25) is 0 Å². The number of halogens is 1. The molecule has 3 aromatic rings. The Labute approximate surface area is 154 Å². The number of hydrogen-bond donors (Lipinski definition) is 1. The van der Waals surface area contributed by atoms with Crippen LogP contribution in [0.25, 0.3) is 11.1 Å². The first-order valence-corrected chi connectivity index (χ1v) is 9.50. The molecule has 0 aliphatic carbocycles. The molecule has 1 aliphatic rings. The highest BCUT2D eigenvalue weighted by molar-refractivity contribution is 7.09. The minimum absolute atomic E-state index is 0.0121. The topological polar surface area (TPSA) is 61.9 Å². The zero-order valence-corrected chi connectivity index (χ0v) is 15.2. The third-order valence-electron chi connectivity index (χ3n) is 4.78. The quantitative estimate of drug-likeness (QED) is 0.758. The van der Waals surface area contributed by atoms with E-state index in [1.54, 1.807) is 18.3 Å². The number of aryl methyl sites for hydroxylation is 1. The number of thiazole rings is 1. The monoisotopic (exact) mass is 370 g/mol. The summed E-state index contributed by atoms with van der Waals surface area (Å²) in [4.78, 5) is 18.9. The molecular formula is C19H19FN4OS. The van der Waals surface area contributed by atoms with Crippen molar-refractivity contribution in [1.82, 2.24) is 20.1 Å². The van der Waals surface area contributed by atoms with Gasteiger partial charge >= 0.3 is 0 Å². The number of H-pyrrole nitrogens is 1. The zero-order chi connectivity index (χ0) is 18.1. The Morgan fingerprint density at radius 3 is 2.88 bits per heavy atom. The van der Waals surface area contributed by atoms with Crippen LogP contribution in [0, 0.1) is 12.7 Å². The van der Waals surface area contributed by atoms with Crippen molar-refractivity contribution in [2.75, 3.05) is 13.1 Å². The Morgan fingerprint density at radius 2 is 2.15 bits per heavy atom. The van der Waals surface area contributed by atoms with E-state index < -0.39 is 0 Å². The molecule has 134 valence electrons. The number of aromatic nitrogens is 3. The maximum Gasteiger partial charge on any atom is 0.273 e. The Bertz CT molecular complexity index is 918. The van der Waals surface area contributed by atoms with Gasteiger partial charge in [0.2, 0.25) is 0 Å². The molecule has 0 bridgehead atoms. The number of nitrogens with zero attached hydrogens (tertiary/aromatic N) is 3. The van der Waals surface area contributed by atoms with Crippen molar-refractivity contribution in [3.8, 4) is 11.1 Å². The van der Waals surface area contributed by atoms with Crippen molar-refractivity contribution in [2.24, 2.45) is 0 Å². The molecule has 1 atom stereocenters. The van der Waals surface area contributed by atoms with Gasteiger partial charge in [-0.1, -0.05) is 12.1 Å². The number of nitrogens with one attached hydrogen (secondary N) is 1. The molecule has 0 saturated carbocycles. The lowest BCUT2D eigenvalue weighted by molar-refractivity contribution is 0.0700. The summed E-state index contributed by atoms with van der Waals surface area (Å²) in [5.41, 5.74) is 3.42. The van der Waals surface area contributed by atoms with Crippen LogP contribution in [0.4, 0.5) is 4.39 Å². The second kappa shape index (κ2) is 6.99. The molecule has 7 heteroatoms. The van der Waals surface area contributed by atoms with E-state index in [0.717, 1.165) is 41.2 Å². The summed E-state index contributed by atoms with van der Waals surface area (Å²) in [6.07, 6.45) is 3.69. The standard InChI is InChI=1S/C19H19FN4OS/c1-12-22-17(11-26-12)19(25)24-8-2-3-14(10-24)18-16(9-21-23-18)13-4-6-15(20)7-5-13/h4-7,9,11,14H,2-3,8,10H2,1H3,(H,21,23)/t14-/m0/s1. The number of carbonyl (C=O) groups is 1. The van der Waals surface area contributed by atoms with Crippen LogP contribution < -0.4 is 0 Å². The largest absolute Gasteiger partial charge is 0.337 e. The predicted octanol–water partition coefficient (Wildman–Crippen LogP) is 4.00. The fourth-order valence-electron chi connectivity index (χ4n) is 3.49. The van der Waals surface area contributed by atoms with E-state index in [2.05, 4.69) is 15.2 Å². The number of hydrogen-bond acceptors (Lipinski definition) is 4. The summed E-state index contributed by atoms with van der Waals surface area (Å²) in [6.45, 7) is 3.28. The molecule has 1 saturated heterocycles. The molecule has 0 spiro atoms. The molecule has 1 fully saturated rings. The van der Waals surface area contributed by atoms with Gasteiger partial charge in [-0.15, -0.1) is 11.3 Å². The van der Waals surface area contributed by atoms with Crippen LogP contribution in [-0.2, 0) is 0 Å². The highest BCUT2D eigenvalue weighted by atomic mass is 32.1. The number of rotatable bonds is 3. The molecule has 1 N–H and O–H groups in total.